The highest BCUT2D eigenvalue weighted by molar-refractivity contribution is 14.1. The normalized spacial score (nSPS) is 28.5. The molecule has 2 aliphatic carbocycles. The summed E-state index contributed by atoms with van der Waals surface area (Å²) in [7, 11) is 0. The quantitative estimate of drug-likeness (QED) is 0.272. The Balaban J connectivity index is 1.58. The van der Waals surface area contributed by atoms with Gasteiger partial charge in [-0.3, -0.25) is 9.59 Å². The molecular formula is C20H21IN2O4. The molecule has 142 valence electrons. The first-order chi connectivity index (χ1) is 13.0. The molecule has 6 nitrogen and oxygen atoms in total. The standard InChI is InChI=1S/C20H21IN2O4/c1-3-26-15-8-11(7-14(21)18(15)27-4-2)10-22-23-19(24)16-12-5-6-13(9-12)17(16)20(23)25/h5-8,10,12-13,16-17H,3-4,9H2,1-2H3/b22-10-/t12-,13-,16+,17+/m0/s1. The van der Waals surface area contributed by atoms with Crippen LogP contribution in [0.4, 0.5) is 0 Å². The predicted molar refractivity (Wildman–Crippen MR) is 109 cm³/mol. The summed E-state index contributed by atoms with van der Waals surface area (Å²) in [5.41, 5.74) is 0.755. The van der Waals surface area contributed by atoms with Crippen molar-refractivity contribution in [3.05, 3.63) is 33.4 Å². The Kier molecular flexibility index (Phi) is 4.96. The van der Waals surface area contributed by atoms with Crippen LogP contribution in [0.1, 0.15) is 25.8 Å². The lowest BCUT2D eigenvalue weighted by Gasteiger charge is -2.14. The molecule has 4 rings (SSSR count). The van der Waals surface area contributed by atoms with Gasteiger partial charge in [0.05, 0.1) is 34.8 Å². The Hall–Kier alpha value is -1.90. The molecule has 1 saturated carbocycles. The van der Waals surface area contributed by atoms with Crippen molar-refractivity contribution in [2.24, 2.45) is 28.8 Å². The first kappa shape index (κ1) is 18.5. The molecule has 0 aromatic heterocycles. The van der Waals surface area contributed by atoms with E-state index in [4.69, 9.17) is 9.47 Å². The lowest BCUT2D eigenvalue weighted by Crippen LogP contribution is -2.28. The number of ether oxygens (including phenoxy) is 2. The summed E-state index contributed by atoms with van der Waals surface area (Å²) in [6.07, 6.45) is 6.62. The fraction of sp³-hybridized carbons (Fsp3) is 0.450. The number of carbonyl (C=O) groups is 2. The van der Waals surface area contributed by atoms with Gasteiger partial charge < -0.3 is 9.47 Å². The number of carbonyl (C=O) groups excluding carboxylic acids is 2. The molecule has 1 aliphatic heterocycles. The number of imide groups is 1. The van der Waals surface area contributed by atoms with Gasteiger partial charge in [0.25, 0.3) is 11.8 Å². The third-order valence-electron chi connectivity index (χ3n) is 5.39. The summed E-state index contributed by atoms with van der Waals surface area (Å²) in [6, 6.07) is 3.71. The number of benzene rings is 1. The van der Waals surface area contributed by atoms with Gasteiger partial charge in [0.1, 0.15) is 0 Å². The van der Waals surface area contributed by atoms with E-state index in [1.807, 2.05) is 26.0 Å². The third-order valence-corrected chi connectivity index (χ3v) is 6.19. The molecule has 0 radical (unpaired) electrons. The number of halogens is 1. The fourth-order valence-electron chi connectivity index (χ4n) is 4.33. The van der Waals surface area contributed by atoms with Crippen LogP contribution in [-0.4, -0.2) is 36.3 Å². The average Bonchev–Trinajstić information content (AvgIpc) is 3.31. The maximum atomic E-state index is 12.7. The van der Waals surface area contributed by atoms with Gasteiger partial charge in [-0.1, -0.05) is 12.2 Å². The Morgan fingerprint density at radius 3 is 2.33 bits per heavy atom. The number of amides is 2. The fourth-order valence-corrected chi connectivity index (χ4v) is 5.12. The summed E-state index contributed by atoms with van der Waals surface area (Å²) in [5.74, 6) is 0.884. The van der Waals surface area contributed by atoms with Crippen molar-refractivity contribution < 1.29 is 19.1 Å². The van der Waals surface area contributed by atoms with Gasteiger partial charge in [0, 0.05) is 0 Å². The zero-order chi connectivity index (χ0) is 19.1. The lowest BCUT2D eigenvalue weighted by atomic mass is 9.85. The molecule has 4 atom stereocenters. The highest BCUT2D eigenvalue weighted by Gasteiger charge is 2.59. The molecule has 1 aromatic carbocycles. The second-order valence-electron chi connectivity index (χ2n) is 6.93. The van der Waals surface area contributed by atoms with E-state index in [0.29, 0.717) is 24.7 Å². The topological polar surface area (TPSA) is 68.2 Å². The molecular weight excluding hydrogens is 459 g/mol. The van der Waals surface area contributed by atoms with Crippen LogP contribution in [0.15, 0.2) is 29.4 Å². The molecule has 7 heteroatoms. The summed E-state index contributed by atoms with van der Waals surface area (Å²) >= 11 is 2.18. The van der Waals surface area contributed by atoms with E-state index in [-0.39, 0.29) is 35.5 Å². The molecule has 0 unspecified atom stereocenters. The molecule has 2 bridgehead atoms. The third kappa shape index (κ3) is 3.05. The molecule has 0 spiro atoms. The predicted octanol–water partition coefficient (Wildman–Crippen LogP) is 3.23. The number of hydrogen-bond acceptors (Lipinski definition) is 5. The minimum absolute atomic E-state index is 0.177. The molecule has 1 aromatic rings. The van der Waals surface area contributed by atoms with Crippen molar-refractivity contribution in [3.8, 4) is 11.5 Å². The molecule has 1 saturated heterocycles. The first-order valence-corrected chi connectivity index (χ1v) is 10.3. The summed E-state index contributed by atoms with van der Waals surface area (Å²) in [6.45, 7) is 4.88. The maximum absolute atomic E-state index is 12.7. The molecule has 2 amide bonds. The van der Waals surface area contributed by atoms with Crippen LogP contribution in [0.5, 0.6) is 11.5 Å². The van der Waals surface area contributed by atoms with Crippen LogP contribution in [0.25, 0.3) is 0 Å². The summed E-state index contributed by atoms with van der Waals surface area (Å²) < 4.78 is 12.2. The van der Waals surface area contributed by atoms with Crippen molar-refractivity contribution in [2.45, 2.75) is 20.3 Å². The lowest BCUT2D eigenvalue weighted by molar-refractivity contribution is -0.140. The van der Waals surface area contributed by atoms with Crippen molar-refractivity contribution in [3.63, 3.8) is 0 Å². The van der Waals surface area contributed by atoms with E-state index in [2.05, 4.69) is 39.8 Å². The minimum Gasteiger partial charge on any atom is -0.490 e. The Labute approximate surface area is 171 Å². The SMILES string of the molecule is CCOc1cc(/C=N\N2C(=O)[C@H]3[C@H](C2=O)[C@H]2C=C[C@H]3C2)cc(I)c1OCC. The largest absolute Gasteiger partial charge is 0.490 e. The van der Waals surface area contributed by atoms with Crippen LogP contribution < -0.4 is 9.47 Å². The molecule has 2 fully saturated rings. The Morgan fingerprint density at radius 1 is 1.11 bits per heavy atom. The van der Waals surface area contributed by atoms with E-state index < -0.39 is 0 Å². The van der Waals surface area contributed by atoms with E-state index in [9.17, 15) is 9.59 Å². The summed E-state index contributed by atoms with van der Waals surface area (Å²) in [5, 5.41) is 5.30. The van der Waals surface area contributed by atoms with Crippen LogP contribution >= 0.6 is 22.6 Å². The molecule has 3 aliphatic rings. The van der Waals surface area contributed by atoms with Crippen LogP contribution in [0.2, 0.25) is 0 Å². The number of fused-ring (bicyclic) bond motifs is 5. The number of rotatable bonds is 6. The van der Waals surface area contributed by atoms with Crippen molar-refractivity contribution >= 4 is 40.6 Å². The second kappa shape index (κ2) is 7.26. The second-order valence-corrected chi connectivity index (χ2v) is 8.09. The monoisotopic (exact) mass is 480 g/mol. The highest BCUT2D eigenvalue weighted by Crippen LogP contribution is 2.52. The van der Waals surface area contributed by atoms with E-state index in [1.54, 1.807) is 6.21 Å². The minimum atomic E-state index is -0.232. The molecule has 1 heterocycles. The highest BCUT2D eigenvalue weighted by atomic mass is 127. The van der Waals surface area contributed by atoms with Crippen molar-refractivity contribution in [1.29, 1.82) is 0 Å². The van der Waals surface area contributed by atoms with Gasteiger partial charge in [-0.05, 0) is 72.4 Å². The Morgan fingerprint density at radius 2 is 1.74 bits per heavy atom. The van der Waals surface area contributed by atoms with Gasteiger partial charge in [0.2, 0.25) is 0 Å². The first-order valence-electron chi connectivity index (χ1n) is 9.24. The van der Waals surface area contributed by atoms with Gasteiger partial charge >= 0.3 is 0 Å². The van der Waals surface area contributed by atoms with Gasteiger partial charge in [-0.15, -0.1) is 0 Å². The van der Waals surface area contributed by atoms with E-state index in [0.717, 1.165) is 20.6 Å². The van der Waals surface area contributed by atoms with E-state index >= 15 is 0 Å². The average molecular weight is 480 g/mol. The van der Waals surface area contributed by atoms with Gasteiger partial charge in [0.15, 0.2) is 11.5 Å². The zero-order valence-electron chi connectivity index (χ0n) is 15.2. The number of hydrogen-bond donors (Lipinski definition) is 0. The maximum Gasteiger partial charge on any atom is 0.254 e. The summed E-state index contributed by atoms with van der Waals surface area (Å²) in [4.78, 5) is 25.4. The van der Waals surface area contributed by atoms with Crippen LogP contribution in [-0.2, 0) is 9.59 Å². The van der Waals surface area contributed by atoms with Crippen molar-refractivity contribution in [2.75, 3.05) is 13.2 Å². The van der Waals surface area contributed by atoms with Crippen LogP contribution in [0, 0.1) is 27.2 Å². The van der Waals surface area contributed by atoms with Gasteiger partial charge in [-0.25, -0.2) is 0 Å². The smallest absolute Gasteiger partial charge is 0.254 e. The zero-order valence-corrected chi connectivity index (χ0v) is 17.4. The molecule has 0 N–H and O–H groups in total. The Bertz CT molecular complexity index is 821. The van der Waals surface area contributed by atoms with Crippen LogP contribution in [0.3, 0.4) is 0 Å². The number of hydrazone groups is 1. The molecule has 27 heavy (non-hydrogen) atoms. The van der Waals surface area contributed by atoms with Crippen molar-refractivity contribution in [1.82, 2.24) is 5.01 Å². The van der Waals surface area contributed by atoms with Gasteiger partial charge in [-0.2, -0.15) is 10.1 Å². The van der Waals surface area contributed by atoms with E-state index in [1.165, 1.54) is 0 Å². The number of allylic oxidation sites excluding steroid dienone is 2. The number of nitrogens with zero attached hydrogens (tertiary/aromatic N) is 2.